The van der Waals surface area contributed by atoms with Crippen molar-refractivity contribution in [3.8, 4) is 11.5 Å². The Morgan fingerprint density at radius 1 is 1.00 bits per heavy atom. The number of nitrogens with one attached hydrogen (secondary N) is 1. The van der Waals surface area contributed by atoms with Crippen molar-refractivity contribution < 1.29 is 19.7 Å². The topological polar surface area (TPSA) is 78.8 Å². The Morgan fingerprint density at radius 3 is 2.30 bits per heavy atom. The lowest BCUT2D eigenvalue weighted by molar-refractivity contribution is 0.139. The van der Waals surface area contributed by atoms with Crippen LogP contribution in [0.1, 0.15) is 11.1 Å². The molecule has 20 heavy (non-hydrogen) atoms. The number of aromatic hydroxyl groups is 2. The normalized spacial score (nSPS) is 10.0. The lowest BCUT2D eigenvalue weighted by Crippen LogP contribution is -2.23. The van der Waals surface area contributed by atoms with Gasteiger partial charge in [0.2, 0.25) is 0 Å². The van der Waals surface area contributed by atoms with E-state index in [-0.39, 0.29) is 24.7 Å². The van der Waals surface area contributed by atoms with Crippen LogP contribution in [0.5, 0.6) is 11.5 Å². The molecule has 0 spiro atoms. The molecule has 3 N–H and O–H groups in total. The Balaban J connectivity index is 1.80. The number of hydrogen-bond acceptors (Lipinski definition) is 4. The van der Waals surface area contributed by atoms with Gasteiger partial charge in [-0.05, 0) is 23.3 Å². The Labute approximate surface area is 116 Å². The van der Waals surface area contributed by atoms with Crippen LogP contribution in [-0.2, 0) is 17.9 Å². The summed E-state index contributed by atoms with van der Waals surface area (Å²) in [7, 11) is 0. The molecule has 5 nitrogen and oxygen atoms in total. The predicted octanol–water partition coefficient (Wildman–Crippen LogP) is 2.52. The third kappa shape index (κ3) is 4.20. The fraction of sp³-hybridized carbons (Fsp3) is 0.133. The summed E-state index contributed by atoms with van der Waals surface area (Å²) >= 11 is 0. The van der Waals surface area contributed by atoms with Gasteiger partial charge in [0.05, 0.1) is 0 Å². The van der Waals surface area contributed by atoms with Crippen LogP contribution in [0.25, 0.3) is 0 Å². The van der Waals surface area contributed by atoms with Crippen molar-refractivity contribution in [1.82, 2.24) is 5.32 Å². The summed E-state index contributed by atoms with van der Waals surface area (Å²) < 4.78 is 5.04. The molecule has 2 aromatic carbocycles. The van der Waals surface area contributed by atoms with Crippen molar-refractivity contribution in [1.29, 1.82) is 0 Å². The van der Waals surface area contributed by atoms with Crippen LogP contribution < -0.4 is 5.32 Å². The smallest absolute Gasteiger partial charge is 0.407 e. The maximum Gasteiger partial charge on any atom is 0.407 e. The molecule has 0 saturated carbocycles. The maximum absolute atomic E-state index is 11.5. The minimum atomic E-state index is -0.559. The molecular formula is C15H15NO4. The lowest BCUT2D eigenvalue weighted by Gasteiger charge is -2.08. The van der Waals surface area contributed by atoms with E-state index in [0.717, 1.165) is 5.56 Å². The molecule has 2 aromatic rings. The molecule has 0 saturated heterocycles. The Morgan fingerprint density at radius 2 is 1.65 bits per heavy atom. The standard InChI is InChI=1S/C15H15NO4/c17-13-6-12(7-14(18)8-13)9-16-15(19)20-10-11-4-2-1-3-5-11/h1-8,17-18H,9-10H2,(H,16,19). The van der Waals surface area contributed by atoms with Crippen molar-refractivity contribution in [2.75, 3.05) is 0 Å². The van der Waals surface area contributed by atoms with Crippen molar-refractivity contribution in [3.05, 3.63) is 59.7 Å². The van der Waals surface area contributed by atoms with Crippen LogP contribution in [0.15, 0.2) is 48.5 Å². The summed E-state index contributed by atoms with van der Waals surface area (Å²) in [4.78, 5) is 11.5. The van der Waals surface area contributed by atoms with Crippen LogP contribution in [-0.4, -0.2) is 16.3 Å². The van der Waals surface area contributed by atoms with E-state index in [1.807, 2.05) is 30.3 Å². The molecule has 104 valence electrons. The summed E-state index contributed by atoms with van der Waals surface area (Å²) in [6.45, 7) is 0.355. The van der Waals surface area contributed by atoms with Gasteiger partial charge in [0, 0.05) is 12.6 Å². The predicted molar refractivity (Wildman–Crippen MR) is 73.2 cm³/mol. The summed E-state index contributed by atoms with van der Waals surface area (Å²) in [6.07, 6.45) is -0.559. The molecule has 1 amide bonds. The number of hydrogen-bond donors (Lipinski definition) is 3. The fourth-order valence-corrected chi connectivity index (χ4v) is 1.71. The minimum absolute atomic E-state index is 0.0561. The van der Waals surface area contributed by atoms with Gasteiger partial charge in [-0.3, -0.25) is 0 Å². The van der Waals surface area contributed by atoms with Crippen molar-refractivity contribution in [2.45, 2.75) is 13.2 Å². The fourth-order valence-electron chi connectivity index (χ4n) is 1.71. The third-order valence-corrected chi connectivity index (χ3v) is 2.61. The third-order valence-electron chi connectivity index (χ3n) is 2.61. The van der Waals surface area contributed by atoms with Crippen molar-refractivity contribution in [2.24, 2.45) is 0 Å². The molecule has 0 fully saturated rings. The molecule has 0 aromatic heterocycles. The number of carbonyl (C=O) groups is 1. The Hall–Kier alpha value is -2.69. The van der Waals surface area contributed by atoms with Gasteiger partial charge in [-0.15, -0.1) is 0 Å². The monoisotopic (exact) mass is 273 g/mol. The highest BCUT2D eigenvalue weighted by Crippen LogP contribution is 2.20. The number of amides is 1. The molecule has 0 bridgehead atoms. The summed E-state index contributed by atoms with van der Waals surface area (Å²) in [5.41, 5.74) is 1.48. The highest BCUT2D eigenvalue weighted by Gasteiger charge is 2.04. The summed E-state index contributed by atoms with van der Waals surface area (Å²) in [5, 5.41) is 21.2. The van der Waals surface area contributed by atoms with Gasteiger partial charge in [0.25, 0.3) is 0 Å². The molecule has 0 atom stereocenters. The van der Waals surface area contributed by atoms with Crippen LogP contribution in [0.4, 0.5) is 4.79 Å². The molecule has 0 heterocycles. The number of ether oxygens (including phenoxy) is 1. The second kappa shape index (κ2) is 6.47. The van der Waals surface area contributed by atoms with Gasteiger partial charge >= 0.3 is 6.09 Å². The number of phenolic OH excluding ortho intramolecular Hbond substituents is 2. The Kier molecular flexibility index (Phi) is 4.44. The first kappa shape index (κ1) is 13.7. The quantitative estimate of drug-likeness (QED) is 0.799. The van der Waals surface area contributed by atoms with E-state index in [4.69, 9.17) is 4.74 Å². The number of benzene rings is 2. The van der Waals surface area contributed by atoms with E-state index < -0.39 is 6.09 Å². The zero-order valence-electron chi connectivity index (χ0n) is 10.7. The largest absolute Gasteiger partial charge is 0.508 e. The van der Waals surface area contributed by atoms with Gasteiger partial charge in [-0.2, -0.15) is 0 Å². The molecule has 5 heteroatoms. The van der Waals surface area contributed by atoms with Crippen LogP contribution in [0, 0.1) is 0 Å². The van der Waals surface area contributed by atoms with Gasteiger partial charge < -0.3 is 20.3 Å². The average molecular weight is 273 g/mol. The molecule has 0 radical (unpaired) electrons. The van der Waals surface area contributed by atoms with Crippen LogP contribution in [0.3, 0.4) is 0 Å². The van der Waals surface area contributed by atoms with Gasteiger partial charge in [0.15, 0.2) is 0 Å². The van der Waals surface area contributed by atoms with E-state index in [1.54, 1.807) is 0 Å². The molecule has 2 rings (SSSR count). The molecular weight excluding hydrogens is 258 g/mol. The average Bonchev–Trinajstić information content (AvgIpc) is 2.43. The first-order valence-electron chi connectivity index (χ1n) is 6.10. The number of rotatable bonds is 4. The molecule has 0 unspecified atom stereocenters. The highest BCUT2D eigenvalue weighted by atomic mass is 16.5. The summed E-state index contributed by atoms with van der Waals surface area (Å²) in [6, 6.07) is 13.5. The zero-order chi connectivity index (χ0) is 14.4. The Bertz CT molecular complexity index is 563. The van der Waals surface area contributed by atoms with E-state index in [0.29, 0.717) is 5.56 Å². The van der Waals surface area contributed by atoms with Crippen molar-refractivity contribution >= 4 is 6.09 Å². The van der Waals surface area contributed by atoms with Crippen LogP contribution in [0.2, 0.25) is 0 Å². The maximum atomic E-state index is 11.5. The molecule has 0 aliphatic rings. The number of alkyl carbamates (subject to hydrolysis) is 1. The second-order valence-electron chi connectivity index (χ2n) is 4.27. The highest BCUT2D eigenvalue weighted by molar-refractivity contribution is 5.67. The minimum Gasteiger partial charge on any atom is -0.508 e. The molecule has 0 aliphatic heterocycles. The van der Waals surface area contributed by atoms with Gasteiger partial charge in [-0.25, -0.2) is 4.79 Å². The van der Waals surface area contributed by atoms with Gasteiger partial charge in [0.1, 0.15) is 18.1 Å². The van der Waals surface area contributed by atoms with E-state index >= 15 is 0 Å². The number of phenols is 2. The molecule has 0 aliphatic carbocycles. The lowest BCUT2D eigenvalue weighted by atomic mass is 10.2. The van der Waals surface area contributed by atoms with E-state index in [2.05, 4.69) is 5.32 Å². The van der Waals surface area contributed by atoms with Crippen molar-refractivity contribution in [3.63, 3.8) is 0 Å². The van der Waals surface area contributed by atoms with Crippen LogP contribution >= 0.6 is 0 Å². The first-order valence-corrected chi connectivity index (χ1v) is 6.10. The first-order chi connectivity index (χ1) is 9.63. The van der Waals surface area contributed by atoms with Gasteiger partial charge in [-0.1, -0.05) is 30.3 Å². The van der Waals surface area contributed by atoms with E-state index in [9.17, 15) is 15.0 Å². The SMILES string of the molecule is O=C(NCc1cc(O)cc(O)c1)OCc1ccccc1. The summed E-state index contributed by atoms with van der Waals surface area (Å²) in [5.74, 6) is -0.112. The van der Waals surface area contributed by atoms with E-state index in [1.165, 1.54) is 18.2 Å². The zero-order valence-corrected chi connectivity index (χ0v) is 10.7. The number of carbonyl (C=O) groups excluding carboxylic acids is 1. The second-order valence-corrected chi connectivity index (χ2v) is 4.27.